The first kappa shape index (κ1) is 16.4. The average Bonchev–Trinajstić information content (AvgIpc) is 3.23. The van der Waals surface area contributed by atoms with Gasteiger partial charge in [0, 0.05) is 36.5 Å². The van der Waals surface area contributed by atoms with E-state index in [4.69, 9.17) is 4.42 Å². The van der Waals surface area contributed by atoms with Crippen LogP contribution in [0, 0.1) is 5.82 Å². The third kappa shape index (κ3) is 3.35. The molecule has 1 saturated heterocycles. The molecule has 0 radical (unpaired) electrons. The minimum Gasteiger partial charge on any atom is -0.459 e. The maximum absolute atomic E-state index is 13.1. The quantitative estimate of drug-likeness (QED) is 0.718. The number of piperidine rings is 1. The van der Waals surface area contributed by atoms with Crippen molar-refractivity contribution in [2.75, 3.05) is 13.1 Å². The third-order valence-corrected chi connectivity index (χ3v) is 4.64. The van der Waals surface area contributed by atoms with Gasteiger partial charge < -0.3 is 9.32 Å². The van der Waals surface area contributed by atoms with Gasteiger partial charge in [-0.25, -0.2) is 14.4 Å². The first-order valence-electron chi connectivity index (χ1n) is 8.62. The summed E-state index contributed by atoms with van der Waals surface area (Å²) in [5, 5.41) is 0. The van der Waals surface area contributed by atoms with E-state index in [0.717, 1.165) is 24.1 Å². The Labute approximate surface area is 150 Å². The highest BCUT2D eigenvalue weighted by Crippen LogP contribution is 2.27. The molecule has 0 bridgehead atoms. The summed E-state index contributed by atoms with van der Waals surface area (Å²) in [6.45, 7) is 1.31. The Hall–Kier alpha value is -3.02. The number of halogens is 1. The standard InChI is InChI=1S/C20H18FN3O2/c21-16-7-5-14(6-8-16)19-22-10-9-17(23-19)15-3-1-11-24(13-15)20(25)18-4-2-12-26-18/h2,4-10,12,15H,1,3,11,13H2/t15-/m1/s1. The zero-order valence-electron chi connectivity index (χ0n) is 14.1. The van der Waals surface area contributed by atoms with Gasteiger partial charge in [0.2, 0.25) is 0 Å². The van der Waals surface area contributed by atoms with E-state index in [1.165, 1.54) is 18.4 Å². The molecule has 1 amide bonds. The maximum atomic E-state index is 13.1. The van der Waals surface area contributed by atoms with E-state index in [1.54, 1.807) is 30.5 Å². The molecule has 1 atom stereocenters. The second-order valence-electron chi connectivity index (χ2n) is 6.38. The number of aromatic nitrogens is 2. The lowest BCUT2D eigenvalue weighted by molar-refractivity contribution is 0.0673. The van der Waals surface area contributed by atoms with Gasteiger partial charge in [-0.1, -0.05) is 0 Å². The van der Waals surface area contributed by atoms with Crippen LogP contribution in [0.5, 0.6) is 0 Å². The van der Waals surface area contributed by atoms with Gasteiger partial charge in [0.25, 0.3) is 5.91 Å². The highest BCUT2D eigenvalue weighted by atomic mass is 19.1. The SMILES string of the molecule is O=C(c1ccco1)N1CCC[C@@H](c2ccnc(-c3ccc(F)cc3)n2)C1. The van der Waals surface area contributed by atoms with Crippen LogP contribution in [-0.4, -0.2) is 33.9 Å². The van der Waals surface area contributed by atoms with Gasteiger partial charge in [-0.2, -0.15) is 0 Å². The van der Waals surface area contributed by atoms with E-state index in [1.807, 2.05) is 11.0 Å². The molecule has 3 heterocycles. The molecule has 1 aliphatic heterocycles. The molecule has 0 N–H and O–H groups in total. The van der Waals surface area contributed by atoms with Crippen molar-refractivity contribution in [1.82, 2.24) is 14.9 Å². The molecule has 3 aromatic rings. The smallest absolute Gasteiger partial charge is 0.289 e. The fraction of sp³-hybridized carbons (Fsp3) is 0.250. The van der Waals surface area contributed by atoms with Gasteiger partial charge in [-0.05, 0) is 55.3 Å². The van der Waals surface area contributed by atoms with Gasteiger partial charge in [0.05, 0.1) is 6.26 Å². The minimum absolute atomic E-state index is 0.0903. The summed E-state index contributed by atoms with van der Waals surface area (Å²) in [6, 6.07) is 11.4. The number of carbonyl (C=O) groups excluding carboxylic acids is 1. The zero-order valence-corrected chi connectivity index (χ0v) is 14.1. The van der Waals surface area contributed by atoms with Crippen LogP contribution in [0.3, 0.4) is 0 Å². The third-order valence-electron chi connectivity index (χ3n) is 4.64. The Morgan fingerprint density at radius 3 is 2.81 bits per heavy atom. The number of amides is 1. The highest BCUT2D eigenvalue weighted by Gasteiger charge is 2.27. The van der Waals surface area contributed by atoms with Crippen molar-refractivity contribution < 1.29 is 13.6 Å². The van der Waals surface area contributed by atoms with Gasteiger partial charge in [-0.15, -0.1) is 0 Å². The first-order chi connectivity index (χ1) is 12.7. The first-order valence-corrected chi connectivity index (χ1v) is 8.62. The lowest BCUT2D eigenvalue weighted by atomic mass is 9.94. The summed E-state index contributed by atoms with van der Waals surface area (Å²) < 4.78 is 18.4. The van der Waals surface area contributed by atoms with Crippen LogP contribution in [-0.2, 0) is 0 Å². The fourth-order valence-corrected chi connectivity index (χ4v) is 3.30. The van der Waals surface area contributed by atoms with Crippen LogP contribution in [0.1, 0.15) is 35.0 Å². The molecule has 132 valence electrons. The molecule has 4 rings (SSSR count). The second-order valence-corrected chi connectivity index (χ2v) is 6.38. The van der Waals surface area contributed by atoms with Crippen LogP contribution in [0.15, 0.2) is 59.3 Å². The summed E-state index contributed by atoms with van der Waals surface area (Å²) in [5.41, 5.74) is 1.67. The van der Waals surface area contributed by atoms with Crippen LogP contribution in [0.25, 0.3) is 11.4 Å². The topological polar surface area (TPSA) is 59.2 Å². The molecule has 5 nitrogen and oxygen atoms in total. The van der Waals surface area contributed by atoms with Gasteiger partial charge in [-0.3, -0.25) is 4.79 Å². The molecule has 1 aliphatic rings. The Morgan fingerprint density at radius 1 is 1.19 bits per heavy atom. The summed E-state index contributed by atoms with van der Waals surface area (Å²) in [5.74, 6) is 0.693. The van der Waals surface area contributed by atoms with Crippen molar-refractivity contribution in [3.05, 3.63) is 72.2 Å². The monoisotopic (exact) mass is 351 g/mol. The Bertz CT molecular complexity index is 894. The Kier molecular flexibility index (Phi) is 4.48. The van der Waals surface area contributed by atoms with Crippen LogP contribution < -0.4 is 0 Å². The highest BCUT2D eigenvalue weighted by molar-refractivity contribution is 5.91. The van der Waals surface area contributed by atoms with E-state index in [2.05, 4.69) is 9.97 Å². The molecular weight excluding hydrogens is 333 g/mol. The number of benzene rings is 1. The number of nitrogens with zero attached hydrogens (tertiary/aromatic N) is 3. The molecule has 0 aliphatic carbocycles. The van der Waals surface area contributed by atoms with E-state index in [9.17, 15) is 9.18 Å². The van der Waals surface area contributed by atoms with Gasteiger partial charge in [0.15, 0.2) is 11.6 Å². The summed E-state index contributed by atoms with van der Waals surface area (Å²) in [7, 11) is 0. The number of carbonyl (C=O) groups is 1. The van der Waals surface area contributed by atoms with E-state index < -0.39 is 0 Å². The van der Waals surface area contributed by atoms with Crippen LogP contribution in [0.2, 0.25) is 0 Å². The van der Waals surface area contributed by atoms with Gasteiger partial charge >= 0.3 is 0 Å². The minimum atomic E-state index is -0.288. The number of furan rings is 1. The molecular formula is C20H18FN3O2. The largest absolute Gasteiger partial charge is 0.459 e. The molecule has 6 heteroatoms. The van der Waals surface area contributed by atoms with Crippen molar-refractivity contribution in [2.24, 2.45) is 0 Å². The summed E-state index contributed by atoms with van der Waals surface area (Å²) in [4.78, 5) is 23.3. The number of hydrogen-bond acceptors (Lipinski definition) is 4. The van der Waals surface area contributed by atoms with Crippen LogP contribution in [0.4, 0.5) is 4.39 Å². The van der Waals surface area contributed by atoms with Crippen molar-refractivity contribution in [3.63, 3.8) is 0 Å². The maximum Gasteiger partial charge on any atom is 0.289 e. The molecule has 1 fully saturated rings. The molecule has 0 spiro atoms. The average molecular weight is 351 g/mol. The predicted octanol–water partition coefficient (Wildman–Crippen LogP) is 3.90. The second kappa shape index (κ2) is 7.07. The lowest BCUT2D eigenvalue weighted by Crippen LogP contribution is -2.39. The summed E-state index contributed by atoms with van der Waals surface area (Å²) >= 11 is 0. The lowest BCUT2D eigenvalue weighted by Gasteiger charge is -2.32. The van der Waals surface area contributed by atoms with E-state index in [0.29, 0.717) is 24.7 Å². The zero-order chi connectivity index (χ0) is 17.9. The molecule has 0 unspecified atom stereocenters. The Morgan fingerprint density at radius 2 is 2.04 bits per heavy atom. The van der Waals surface area contributed by atoms with Crippen LogP contribution >= 0.6 is 0 Å². The molecule has 0 saturated carbocycles. The van der Waals surface area contributed by atoms with Gasteiger partial charge in [0.1, 0.15) is 5.82 Å². The number of rotatable bonds is 3. The molecule has 1 aromatic carbocycles. The molecule has 2 aromatic heterocycles. The van der Waals surface area contributed by atoms with Crippen molar-refractivity contribution in [2.45, 2.75) is 18.8 Å². The van der Waals surface area contributed by atoms with E-state index in [-0.39, 0.29) is 17.6 Å². The van der Waals surface area contributed by atoms with Crippen molar-refractivity contribution >= 4 is 5.91 Å². The predicted molar refractivity (Wildman–Crippen MR) is 94.0 cm³/mol. The summed E-state index contributed by atoms with van der Waals surface area (Å²) in [6.07, 6.45) is 5.09. The number of likely N-dealkylation sites (tertiary alicyclic amines) is 1. The van der Waals surface area contributed by atoms with Crippen molar-refractivity contribution in [1.29, 1.82) is 0 Å². The number of hydrogen-bond donors (Lipinski definition) is 0. The fourth-order valence-electron chi connectivity index (χ4n) is 3.30. The van der Waals surface area contributed by atoms with Crippen molar-refractivity contribution in [3.8, 4) is 11.4 Å². The van der Waals surface area contributed by atoms with E-state index >= 15 is 0 Å². The normalized spacial score (nSPS) is 17.3. The molecule has 26 heavy (non-hydrogen) atoms. The Balaban J connectivity index is 1.54.